The van der Waals surface area contributed by atoms with E-state index in [0.29, 0.717) is 5.82 Å². The quantitative estimate of drug-likeness (QED) is 0.835. The Kier molecular flexibility index (Phi) is 2.95. The van der Waals surface area contributed by atoms with Crippen LogP contribution in [0.1, 0.15) is 24.2 Å². The third-order valence-corrected chi connectivity index (χ3v) is 3.14. The minimum atomic E-state index is -3.85. The number of hydrogen-bond acceptors (Lipinski definition) is 4. The summed E-state index contributed by atoms with van der Waals surface area (Å²) in [6.07, 6.45) is 0. The molecule has 0 saturated carbocycles. The zero-order valence-electron chi connectivity index (χ0n) is 9.16. The summed E-state index contributed by atoms with van der Waals surface area (Å²) >= 11 is 0. The molecule has 3 N–H and O–H groups in total. The average molecular weight is 252 g/mol. The van der Waals surface area contributed by atoms with Crippen molar-refractivity contribution in [3.8, 4) is 0 Å². The maximum Gasteiger partial charge on any atom is 0.282 e. The van der Waals surface area contributed by atoms with Crippen molar-refractivity contribution in [2.24, 2.45) is 5.14 Å². The molecule has 1 unspecified atom stereocenters. The van der Waals surface area contributed by atoms with E-state index in [1.807, 2.05) is 37.3 Å². The Morgan fingerprint density at radius 1 is 1.29 bits per heavy atom. The standard InChI is InChI=1S/C10H12N4O2S/c1-7(8-5-3-2-4-6-8)9-12-10(14-13-9)17(11,15)16/h2-7H,1H3,(H2,11,15,16)(H,12,13,14). The molecular weight excluding hydrogens is 240 g/mol. The summed E-state index contributed by atoms with van der Waals surface area (Å²) in [4.78, 5) is 3.88. The van der Waals surface area contributed by atoms with Crippen LogP contribution in [0.5, 0.6) is 0 Å². The van der Waals surface area contributed by atoms with Gasteiger partial charge in [-0.15, -0.1) is 5.10 Å². The second kappa shape index (κ2) is 4.27. The number of nitrogens with zero attached hydrogens (tertiary/aromatic N) is 2. The van der Waals surface area contributed by atoms with Crippen LogP contribution >= 0.6 is 0 Å². The Balaban J connectivity index is 2.33. The van der Waals surface area contributed by atoms with Crippen LogP contribution in [0.2, 0.25) is 0 Å². The van der Waals surface area contributed by atoms with Crippen LogP contribution in [0.15, 0.2) is 35.5 Å². The van der Waals surface area contributed by atoms with Gasteiger partial charge in [-0.05, 0) is 5.56 Å². The van der Waals surface area contributed by atoms with Crippen LogP contribution in [0.25, 0.3) is 0 Å². The predicted molar refractivity (Wildman–Crippen MR) is 61.7 cm³/mol. The zero-order valence-corrected chi connectivity index (χ0v) is 9.98. The summed E-state index contributed by atoms with van der Waals surface area (Å²) in [6.45, 7) is 1.91. The smallest absolute Gasteiger partial charge is 0.261 e. The first-order chi connectivity index (χ1) is 7.98. The number of sulfonamides is 1. The number of primary sulfonamides is 1. The van der Waals surface area contributed by atoms with E-state index < -0.39 is 10.0 Å². The van der Waals surface area contributed by atoms with Crippen molar-refractivity contribution < 1.29 is 8.42 Å². The van der Waals surface area contributed by atoms with Gasteiger partial charge in [0, 0.05) is 5.92 Å². The van der Waals surface area contributed by atoms with E-state index >= 15 is 0 Å². The molecule has 0 aliphatic carbocycles. The lowest BCUT2D eigenvalue weighted by Crippen LogP contribution is -2.14. The van der Waals surface area contributed by atoms with Gasteiger partial charge in [0.25, 0.3) is 15.2 Å². The summed E-state index contributed by atoms with van der Waals surface area (Å²) < 4.78 is 22.1. The zero-order chi connectivity index (χ0) is 12.5. The van der Waals surface area contributed by atoms with Crippen LogP contribution in [0, 0.1) is 0 Å². The first-order valence-corrected chi connectivity index (χ1v) is 6.53. The van der Waals surface area contributed by atoms with Crippen LogP contribution < -0.4 is 5.14 Å². The first-order valence-electron chi connectivity index (χ1n) is 4.98. The number of rotatable bonds is 3. The molecule has 1 atom stereocenters. The molecule has 0 aliphatic heterocycles. The maximum absolute atomic E-state index is 11.0. The van der Waals surface area contributed by atoms with E-state index in [4.69, 9.17) is 5.14 Å². The van der Waals surface area contributed by atoms with Crippen molar-refractivity contribution in [2.75, 3.05) is 0 Å². The van der Waals surface area contributed by atoms with Gasteiger partial charge in [0.1, 0.15) is 5.82 Å². The largest absolute Gasteiger partial charge is 0.282 e. The van der Waals surface area contributed by atoms with Gasteiger partial charge >= 0.3 is 0 Å². The molecule has 6 nitrogen and oxygen atoms in total. The van der Waals surface area contributed by atoms with Gasteiger partial charge in [0.05, 0.1) is 0 Å². The molecule has 7 heteroatoms. The predicted octanol–water partition coefficient (Wildman–Crippen LogP) is 0.604. The van der Waals surface area contributed by atoms with Crippen molar-refractivity contribution in [3.63, 3.8) is 0 Å². The number of nitrogens with two attached hydrogens (primary N) is 1. The lowest BCUT2D eigenvalue weighted by molar-refractivity contribution is 0.589. The summed E-state index contributed by atoms with van der Waals surface area (Å²) in [5.41, 5.74) is 1.02. The Bertz CT molecular complexity index is 606. The molecule has 0 saturated heterocycles. The maximum atomic E-state index is 11.0. The van der Waals surface area contributed by atoms with Crippen molar-refractivity contribution in [2.45, 2.75) is 18.0 Å². The van der Waals surface area contributed by atoms with Crippen LogP contribution in [-0.2, 0) is 10.0 Å². The summed E-state index contributed by atoms with van der Waals surface area (Å²) in [5, 5.41) is 10.7. The highest BCUT2D eigenvalue weighted by Crippen LogP contribution is 2.20. The molecule has 0 amide bonds. The average Bonchev–Trinajstić information content (AvgIpc) is 2.78. The monoisotopic (exact) mass is 252 g/mol. The van der Waals surface area contributed by atoms with Gasteiger partial charge in [-0.3, -0.25) is 5.10 Å². The fourth-order valence-electron chi connectivity index (χ4n) is 1.48. The lowest BCUT2D eigenvalue weighted by atomic mass is 10.0. The van der Waals surface area contributed by atoms with E-state index in [0.717, 1.165) is 5.56 Å². The topological polar surface area (TPSA) is 102 Å². The molecular formula is C10H12N4O2S. The molecule has 90 valence electrons. The first kappa shape index (κ1) is 11.7. The minimum absolute atomic E-state index is 0.0702. The summed E-state index contributed by atoms with van der Waals surface area (Å²) in [5.74, 6) is 0.402. The van der Waals surface area contributed by atoms with E-state index in [1.54, 1.807) is 0 Å². The van der Waals surface area contributed by atoms with Crippen molar-refractivity contribution >= 4 is 10.0 Å². The number of H-pyrrole nitrogens is 1. The van der Waals surface area contributed by atoms with Gasteiger partial charge in [-0.2, -0.15) is 0 Å². The highest BCUT2D eigenvalue weighted by atomic mass is 32.2. The van der Waals surface area contributed by atoms with Gasteiger partial charge in [0.15, 0.2) is 0 Å². The SMILES string of the molecule is CC(c1ccccc1)c1nc(S(N)(=O)=O)n[nH]1. The fraction of sp³-hybridized carbons (Fsp3) is 0.200. The Morgan fingerprint density at radius 2 is 1.94 bits per heavy atom. The highest BCUT2D eigenvalue weighted by Gasteiger charge is 2.18. The molecule has 1 aromatic carbocycles. The van der Waals surface area contributed by atoms with Crippen molar-refractivity contribution in [3.05, 3.63) is 41.7 Å². The van der Waals surface area contributed by atoms with Crippen LogP contribution in [-0.4, -0.2) is 23.6 Å². The molecule has 0 aliphatic rings. The Labute approximate surface area is 98.9 Å². The summed E-state index contributed by atoms with van der Waals surface area (Å²) in [6, 6.07) is 9.59. The fourth-order valence-corrected chi connectivity index (χ4v) is 1.88. The molecule has 17 heavy (non-hydrogen) atoms. The lowest BCUT2D eigenvalue weighted by Gasteiger charge is -2.07. The molecule has 2 aromatic rings. The molecule has 0 fully saturated rings. The van der Waals surface area contributed by atoms with Gasteiger partial charge in [-0.1, -0.05) is 37.3 Å². The molecule has 1 aromatic heterocycles. The number of hydrogen-bond donors (Lipinski definition) is 2. The third-order valence-electron chi connectivity index (χ3n) is 2.45. The van der Waals surface area contributed by atoms with Crippen molar-refractivity contribution in [1.29, 1.82) is 0 Å². The van der Waals surface area contributed by atoms with E-state index in [1.165, 1.54) is 0 Å². The van der Waals surface area contributed by atoms with Gasteiger partial charge < -0.3 is 0 Å². The van der Waals surface area contributed by atoms with E-state index in [2.05, 4.69) is 15.2 Å². The van der Waals surface area contributed by atoms with Gasteiger partial charge in [-0.25, -0.2) is 18.5 Å². The number of aromatic amines is 1. The van der Waals surface area contributed by atoms with Crippen LogP contribution in [0.3, 0.4) is 0 Å². The second-order valence-corrected chi connectivity index (χ2v) is 5.14. The molecule has 2 rings (SSSR count). The molecule has 0 bridgehead atoms. The molecule has 0 spiro atoms. The van der Waals surface area contributed by atoms with E-state index in [-0.39, 0.29) is 11.1 Å². The third kappa shape index (κ3) is 2.51. The normalized spacial score (nSPS) is 13.5. The van der Waals surface area contributed by atoms with Crippen molar-refractivity contribution in [1.82, 2.24) is 15.2 Å². The second-order valence-electron chi connectivity index (χ2n) is 3.68. The number of aromatic nitrogens is 3. The van der Waals surface area contributed by atoms with Crippen LogP contribution in [0.4, 0.5) is 0 Å². The number of nitrogens with one attached hydrogen (secondary N) is 1. The molecule has 0 radical (unpaired) electrons. The summed E-state index contributed by atoms with van der Waals surface area (Å²) in [7, 11) is -3.85. The minimum Gasteiger partial charge on any atom is -0.261 e. The highest BCUT2D eigenvalue weighted by molar-refractivity contribution is 7.89. The Hall–Kier alpha value is -1.73. The number of benzene rings is 1. The molecule has 1 heterocycles. The Morgan fingerprint density at radius 3 is 2.47 bits per heavy atom. The van der Waals surface area contributed by atoms with E-state index in [9.17, 15) is 8.42 Å². The van der Waals surface area contributed by atoms with Gasteiger partial charge in [0.2, 0.25) is 0 Å².